The molecule has 0 aromatic rings. The summed E-state index contributed by atoms with van der Waals surface area (Å²) in [6, 6.07) is 2.23. The molecule has 1 N–H and O–H groups in total. The van der Waals surface area contributed by atoms with E-state index in [2.05, 4.69) is 45.0 Å². The second-order valence-electron chi connectivity index (χ2n) is 6.16. The van der Waals surface area contributed by atoms with E-state index in [-0.39, 0.29) is 0 Å². The maximum absolute atomic E-state index is 3.66. The lowest BCUT2D eigenvalue weighted by atomic mass is 9.89. The van der Waals surface area contributed by atoms with Crippen LogP contribution in [0.2, 0.25) is 0 Å². The molecule has 0 atom stereocenters. The Balaban J connectivity index is 2.25. The SMILES string of the molecule is CC(C)CN(C)[C@H]1CC[C@H](NC(C)C)CC1. The Bertz CT molecular complexity index is 181. The van der Waals surface area contributed by atoms with Crippen molar-refractivity contribution < 1.29 is 0 Å². The Morgan fingerprint density at radius 3 is 2.06 bits per heavy atom. The molecule has 0 aromatic carbocycles. The molecule has 0 bridgehead atoms. The van der Waals surface area contributed by atoms with Crippen molar-refractivity contribution in [1.82, 2.24) is 10.2 Å². The highest BCUT2D eigenvalue weighted by molar-refractivity contribution is 4.82. The van der Waals surface area contributed by atoms with Gasteiger partial charge < -0.3 is 10.2 Å². The van der Waals surface area contributed by atoms with Crippen LogP contribution in [0.4, 0.5) is 0 Å². The highest BCUT2D eigenvalue weighted by Gasteiger charge is 2.24. The topological polar surface area (TPSA) is 15.3 Å². The van der Waals surface area contributed by atoms with E-state index in [1.54, 1.807) is 0 Å². The molecule has 1 fully saturated rings. The van der Waals surface area contributed by atoms with Crippen molar-refractivity contribution in [3.05, 3.63) is 0 Å². The minimum atomic E-state index is 0.634. The van der Waals surface area contributed by atoms with Crippen molar-refractivity contribution in [3.8, 4) is 0 Å². The normalized spacial score (nSPS) is 27.0. The van der Waals surface area contributed by atoms with Crippen molar-refractivity contribution in [1.29, 1.82) is 0 Å². The Hall–Kier alpha value is -0.0800. The van der Waals surface area contributed by atoms with Crippen LogP contribution >= 0.6 is 0 Å². The molecule has 2 nitrogen and oxygen atoms in total. The quantitative estimate of drug-likeness (QED) is 0.775. The molecule has 1 saturated carbocycles. The largest absolute Gasteiger partial charge is 0.312 e. The minimum Gasteiger partial charge on any atom is -0.312 e. The van der Waals surface area contributed by atoms with Crippen LogP contribution < -0.4 is 5.32 Å². The molecule has 16 heavy (non-hydrogen) atoms. The zero-order valence-corrected chi connectivity index (χ0v) is 11.8. The van der Waals surface area contributed by atoms with Gasteiger partial charge in [-0.25, -0.2) is 0 Å². The first kappa shape index (κ1) is 14.0. The fourth-order valence-corrected chi connectivity index (χ4v) is 2.88. The van der Waals surface area contributed by atoms with Crippen molar-refractivity contribution >= 4 is 0 Å². The molecular formula is C14H30N2. The molecule has 0 radical (unpaired) electrons. The number of hydrogen-bond acceptors (Lipinski definition) is 2. The number of nitrogens with one attached hydrogen (secondary N) is 1. The van der Waals surface area contributed by atoms with E-state index >= 15 is 0 Å². The van der Waals surface area contributed by atoms with Crippen molar-refractivity contribution in [2.24, 2.45) is 5.92 Å². The Kier molecular flexibility index (Phi) is 5.77. The number of rotatable bonds is 5. The van der Waals surface area contributed by atoms with Crippen LogP contribution in [-0.2, 0) is 0 Å². The van der Waals surface area contributed by atoms with Gasteiger partial charge in [-0.1, -0.05) is 27.7 Å². The molecule has 0 amide bonds. The summed E-state index contributed by atoms with van der Waals surface area (Å²) >= 11 is 0. The lowest BCUT2D eigenvalue weighted by molar-refractivity contribution is 0.157. The molecule has 1 aliphatic rings. The van der Waals surface area contributed by atoms with Gasteiger partial charge in [0.1, 0.15) is 0 Å². The third-order valence-electron chi connectivity index (χ3n) is 3.54. The molecule has 1 rings (SSSR count). The summed E-state index contributed by atoms with van der Waals surface area (Å²) in [5, 5.41) is 3.66. The second kappa shape index (κ2) is 6.61. The van der Waals surface area contributed by atoms with Gasteiger partial charge in [-0.3, -0.25) is 0 Å². The van der Waals surface area contributed by atoms with Gasteiger partial charge in [-0.05, 0) is 38.6 Å². The van der Waals surface area contributed by atoms with E-state index in [1.807, 2.05) is 0 Å². The molecule has 96 valence electrons. The lowest BCUT2D eigenvalue weighted by Crippen LogP contribution is -2.43. The van der Waals surface area contributed by atoms with Crippen molar-refractivity contribution in [3.63, 3.8) is 0 Å². The Labute approximate surface area is 102 Å². The number of nitrogens with zero attached hydrogens (tertiary/aromatic N) is 1. The van der Waals surface area contributed by atoms with Crippen LogP contribution in [0, 0.1) is 5.92 Å². The summed E-state index contributed by atoms with van der Waals surface area (Å²) in [5.41, 5.74) is 0. The van der Waals surface area contributed by atoms with Crippen LogP contribution in [0.25, 0.3) is 0 Å². The molecular weight excluding hydrogens is 196 g/mol. The first-order valence-electron chi connectivity index (χ1n) is 6.95. The van der Waals surface area contributed by atoms with Gasteiger partial charge in [0.05, 0.1) is 0 Å². The number of hydrogen-bond donors (Lipinski definition) is 1. The van der Waals surface area contributed by atoms with Crippen LogP contribution in [0.1, 0.15) is 53.4 Å². The van der Waals surface area contributed by atoms with Gasteiger partial charge >= 0.3 is 0 Å². The minimum absolute atomic E-state index is 0.634. The van der Waals surface area contributed by atoms with Gasteiger partial charge in [0, 0.05) is 24.7 Å². The summed E-state index contributed by atoms with van der Waals surface area (Å²) in [4.78, 5) is 2.57. The lowest BCUT2D eigenvalue weighted by Gasteiger charge is -2.36. The zero-order chi connectivity index (χ0) is 12.1. The van der Waals surface area contributed by atoms with Gasteiger partial charge in [0.15, 0.2) is 0 Å². The molecule has 0 saturated heterocycles. The Morgan fingerprint density at radius 1 is 1.06 bits per heavy atom. The highest BCUT2D eigenvalue weighted by atomic mass is 15.1. The van der Waals surface area contributed by atoms with Crippen LogP contribution in [-0.4, -0.2) is 36.6 Å². The van der Waals surface area contributed by atoms with Gasteiger partial charge in [-0.15, -0.1) is 0 Å². The predicted molar refractivity (Wildman–Crippen MR) is 71.8 cm³/mol. The third-order valence-corrected chi connectivity index (χ3v) is 3.54. The van der Waals surface area contributed by atoms with Crippen LogP contribution in [0.3, 0.4) is 0 Å². The molecule has 2 heteroatoms. The second-order valence-corrected chi connectivity index (χ2v) is 6.16. The molecule has 0 aliphatic heterocycles. The van der Waals surface area contributed by atoms with E-state index in [1.165, 1.54) is 32.2 Å². The summed E-state index contributed by atoms with van der Waals surface area (Å²) in [7, 11) is 2.29. The molecule has 1 aliphatic carbocycles. The van der Waals surface area contributed by atoms with E-state index in [0.29, 0.717) is 6.04 Å². The van der Waals surface area contributed by atoms with E-state index in [9.17, 15) is 0 Å². The highest BCUT2D eigenvalue weighted by Crippen LogP contribution is 2.23. The average molecular weight is 226 g/mol. The third kappa shape index (κ3) is 4.84. The summed E-state index contributed by atoms with van der Waals surface area (Å²) in [5.74, 6) is 0.788. The van der Waals surface area contributed by atoms with E-state index < -0.39 is 0 Å². The van der Waals surface area contributed by atoms with E-state index in [4.69, 9.17) is 0 Å². The Morgan fingerprint density at radius 2 is 1.62 bits per heavy atom. The molecule has 0 unspecified atom stereocenters. The van der Waals surface area contributed by atoms with Crippen molar-refractivity contribution in [2.75, 3.05) is 13.6 Å². The summed E-state index contributed by atoms with van der Waals surface area (Å²) < 4.78 is 0. The van der Waals surface area contributed by atoms with Crippen molar-refractivity contribution in [2.45, 2.75) is 71.5 Å². The monoisotopic (exact) mass is 226 g/mol. The predicted octanol–water partition coefficient (Wildman–Crippen LogP) is 2.88. The standard InChI is InChI=1S/C14H30N2/c1-11(2)10-16(5)14-8-6-13(7-9-14)15-12(3)4/h11-15H,6-10H2,1-5H3/t13-,14-. The average Bonchev–Trinajstić information content (AvgIpc) is 2.16. The zero-order valence-electron chi connectivity index (χ0n) is 11.8. The smallest absolute Gasteiger partial charge is 0.00934 e. The van der Waals surface area contributed by atoms with E-state index in [0.717, 1.165) is 18.0 Å². The maximum atomic E-state index is 3.66. The summed E-state index contributed by atoms with van der Waals surface area (Å²) in [6.45, 7) is 10.4. The van der Waals surface area contributed by atoms with Gasteiger partial charge in [-0.2, -0.15) is 0 Å². The maximum Gasteiger partial charge on any atom is 0.00934 e. The summed E-state index contributed by atoms with van der Waals surface area (Å²) in [6.07, 6.45) is 5.44. The van der Waals surface area contributed by atoms with Crippen LogP contribution in [0.15, 0.2) is 0 Å². The first-order chi connectivity index (χ1) is 7.49. The van der Waals surface area contributed by atoms with Crippen LogP contribution in [0.5, 0.6) is 0 Å². The molecule has 0 spiro atoms. The first-order valence-corrected chi connectivity index (χ1v) is 6.95. The fraction of sp³-hybridized carbons (Fsp3) is 1.00. The molecule has 0 heterocycles. The van der Waals surface area contributed by atoms with Gasteiger partial charge in [0.2, 0.25) is 0 Å². The molecule has 0 aromatic heterocycles. The fourth-order valence-electron chi connectivity index (χ4n) is 2.88. The van der Waals surface area contributed by atoms with Gasteiger partial charge in [0.25, 0.3) is 0 Å².